The van der Waals surface area contributed by atoms with Crippen molar-refractivity contribution in [1.29, 1.82) is 0 Å². The summed E-state index contributed by atoms with van der Waals surface area (Å²) < 4.78 is 0. The molecule has 2 aliphatic rings. The third-order valence-corrected chi connectivity index (χ3v) is 6.23. The van der Waals surface area contributed by atoms with Crippen molar-refractivity contribution in [2.45, 2.75) is 39.2 Å². The van der Waals surface area contributed by atoms with Crippen LogP contribution in [0, 0.1) is 5.92 Å². The van der Waals surface area contributed by atoms with Crippen molar-refractivity contribution < 1.29 is 4.79 Å². The number of likely N-dealkylation sites (tertiary alicyclic amines) is 1. The minimum absolute atomic E-state index is 0.198. The van der Waals surface area contributed by atoms with Crippen molar-refractivity contribution >= 4 is 23.2 Å². The molecule has 2 aliphatic heterocycles. The smallest absolute Gasteiger partial charge is 0.217 e. The molecule has 144 valence electrons. The monoisotopic (exact) mass is 377 g/mol. The van der Waals surface area contributed by atoms with Gasteiger partial charge in [0.1, 0.15) is 0 Å². The largest absolute Gasteiger partial charge is 0.370 e. The molecule has 0 bridgehead atoms. The number of piperidine rings is 1. The molecule has 1 saturated heterocycles. The number of guanidine groups is 1. The van der Waals surface area contributed by atoms with E-state index in [2.05, 4.69) is 33.5 Å². The Bertz CT molecular complexity index is 629. The number of hydrogen-bond donors (Lipinski definition) is 2. The minimum atomic E-state index is -0.198. The molecule has 1 amide bonds. The molecule has 1 aromatic rings. The summed E-state index contributed by atoms with van der Waals surface area (Å²) in [5, 5.41) is 5.62. The molecule has 0 saturated carbocycles. The molecular weight excluding hydrogens is 346 g/mol. The van der Waals surface area contributed by atoms with Gasteiger partial charge in [-0.25, -0.2) is 0 Å². The van der Waals surface area contributed by atoms with Gasteiger partial charge >= 0.3 is 0 Å². The first kappa shape index (κ1) is 19.2. The number of primary amides is 1. The maximum Gasteiger partial charge on any atom is 0.217 e. The van der Waals surface area contributed by atoms with Crippen molar-refractivity contribution in [2.75, 3.05) is 39.3 Å². The number of rotatable bonds is 6. The quantitative estimate of drug-likeness (QED) is 0.584. The van der Waals surface area contributed by atoms with Gasteiger partial charge in [-0.05, 0) is 49.1 Å². The fourth-order valence-electron chi connectivity index (χ4n) is 3.93. The lowest BCUT2D eigenvalue weighted by molar-refractivity contribution is -0.119. The van der Waals surface area contributed by atoms with Crippen LogP contribution in [0.5, 0.6) is 0 Å². The van der Waals surface area contributed by atoms with Gasteiger partial charge in [0.25, 0.3) is 0 Å². The van der Waals surface area contributed by atoms with Gasteiger partial charge in [0, 0.05) is 50.6 Å². The third-order valence-electron chi connectivity index (χ3n) is 5.21. The highest BCUT2D eigenvalue weighted by Crippen LogP contribution is 2.23. The zero-order valence-electron chi connectivity index (χ0n) is 15.7. The van der Waals surface area contributed by atoms with E-state index >= 15 is 0 Å². The van der Waals surface area contributed by atoms with Crippen LogP contribution in [0.4, 0.5) is 0 Å². The van der Waals surface area contributed by atoms with Gasteiger partial charge in [-0.3, -0.25) is 14.7 Å². The fourth-order valence-corrected chi connectivity index (χ4v) is 4.82. The molecule has 1 unspecified atom stereocenters. The first-order valence-electron chi connectivity index (χ1n) is 9.75. The SMILES string of the molecule is CCNC(=NCCN1CCc2sccc2C1)N1CCCC(CC(N)=O)C1. The van der Waals surface area contributed by atoms with Crippen LogP contribution in [-0.4, -0.2) is 60.9 Å². The zero-order chi connectivity index (χ0) is 18.4. The topological polar surface area (TPSA) is 74.0 Å². The molecule has 0 aromatic carbocycles. The Morgan fingerprint density at radius 1 is 1.46 bits per heavy atom. The number of fused-ring (bicyclic) bond motifs is 1. The zero-order valence-corrected chi connectivity index (χ0v) is 16.6. The van der Waals surface area contributed by atoms with Crippen LogP contribution in [-0.2, 0) is 17.8 Å². The van der Waals surface area contributed by atoms with Crippen LogP contribution in [0.15, 0.2) is 16.4 Å². The minimum Gasteiger partial charge on any atom is -0.370 e. The van der Waals surface area contributed by atoms with E-state index in [-0.39, 0.29) is 5.91 Å². The second-order valence-electron chi connectivity index (χ2n) is 7.26. The molecule has 7 heteroatoms. The lowest BCUT2D eigenvalue weighted by atomic mass is 9.95. The van der Waals surface area contributed by atoms with Crippen molar-refractivity contribution in [2.24, 2.45) is 16.6 Å². The molecule has 0 aliphatic carbocycles. The molecular formula is C19H31N5OS. The van der Waals surface area contributed by atoms with E-state index in [0.29, 0.717) is 12.3 Å². The summed E-state index contributed by atoms with van der Waals surface area (Å²) in [5.74, 6) is 1.14. The average molecular weight is 378 g/mol. The van der Waals surface area contributed by atoms with Crippen LogP contribution in [0.1, 0.15) is 36.6 Å². The first-order chi connectivity index (χ1) is 12.7. The molecule has 3 N–H and O–H groups in total. The van der Waals surface area contributed by atoms with Crippen LogP contribution in [0.3, 0.4) is 0 Å². The number of nitrogens with zero attached hydrogens (tertiary/aromatic N) is 3. The second kappa shape index (κ2) is 9.37. The van der Waals surface area contributed by atoms with Gasteiger partial charge < -0.3 is 16.0 Å². The maximum absolute atomic E-state index is 11.2. The predicted octanol–water partition coefficient (Wildman–Crippen LogP) is 1.66. The fraction of sp³-hybridized carbons (Fsp3) is 0.684. The lowest BCUT2D eigenvalue weighted by Crippen LogP contribution is -2.47. The molecule has 0 spiro atoms. The molecule has 1 fully saturated rings. The number of aliphatic imine (C=N–C) groups is 1. The average Bonchev–Trinajstić information content (AvgIpc) is 3.08. The van der Waals surface area contributed by atoms with E-state index in [1.807, 2.05) is 11.3 Å². The number of carbonyl (C=O) groups is 1. The van der Waals surface area contributed by atoms with E-state index in [4.69, 9.17) is 10.7 Å². The van der Waals surface area contributed by atoms with Gasteiger partial charge in [-0.2, -0.15) is 0 Å². The van der Waals surface area contributed by atoms with E-state index < -0.39 is 0 Å². The Morgan fingerprint density at radius 2 is 2.35 bits per heavy atom. The summed E-state index contributed by atoms with van der Waals surface area (Å²) in [6.45, 7) is 8.81. The van der Waals surface area contributed by atoms with Crippen LogP contribution in [0.2, 0.25) is 0 Å². The summed E-state index contributed by atoms with van der Waals surface area (Å²) in [4.78, 5) is 22.4. The summed E-state index contributed by atoms with van der Waals surface area (Å²) in [5.41, 5.74) is 6.87. The normalized spacial score (nSPS) is 21.5. The number of carbonyl (C=O) groups excluding carboxylic acids is 1. The van der Waals surface area contributed by atoms with E-state index in [1.54, 1.807) is 4.88 Å². The van der Waals surface area contributed by atoms with Gasteiger partial charge in [-0.1, -0.05) is 0 Å². The summed E-state index contributed by atoms with van der Waals surface area (Å²) >= 11 is 1.88. The summed E-state index contributed by atoms with van der Waals surface area (Å²) in [6, 6.07) is 2.26. The second-order valence-corrected chi connectivity index (χ2v) is 8.26. The predicted molar refractivity (Wildman–Crippen MR) is 107 cm³/mol. The summed E-state index contributed by atoms with van der Waals surface area (Å²) in [7, 11) is 0. The Labute approximate surface area is 160 Å². The standard InChI is InChI=1S/C19H31N5OS/c1-2-21-19(24-8-3-4-15(13-24)12-18(20)25)22-7-10-23-9-5-17-16(14-23)6-11-26-17/h6,11,15H,2-5,7-10,12-14H2,1H3,(H2,20,25)(H,21,22). The Kier molecular flexibility index (Phi) is 6.91. The van der Waals surface area contributed by atoms with Crippen molar-refractivity contribution in [3.8, 4) is 0 Å². The van der Waals surface area contributed by atoms with Gasteiger partial charge in [0.2, 0.25) is 5.91 Å². The molecule has 6 nitrogen and oxygen atoms in total. The van der Waals surface area contributed by atoms with Crippen molar-refractivity contribution in [1.82, 2.24) is 15.1 Å². The van der Waals surface area contributed by atoms with Crippen molar-refractivity contribution in [3.05, 3.63) is 21.9 Å². The highest BCUT2D eigenvalue weighted by atomic mass is 32.1. The van der Waals surface area contributed by atoms with Gasteiger partial charge in [0.05, 0.1) is 6.54 Å². The molecule has 3 heterocycles. The first-order valence-corrected chi connectivity index (χ1v) is 10.6. The summed E-state index contributed by atoms with van der Waals surface area (Å²) in [6.07, 6.45) is 3.81. The number of nitrogens with one attached hydrogen (secondary N) is 1. The lowest BCUT2D eigenvalue weighted by Gasteiger charge is -2.35. The van der Waals surface area contributed by atoms with Gasteiger partial charge in [0.15, 0.2) is 5.96 Å². The van der Waals surface area contributed by atoms with Crippen LogP contribution < -0.4 is 11.1 Å². The van der Waals surface area contributed by atoms with Crippen LogP contribution >= 0.6 is 11.3 Å². The molecule has 1 atom stereocenters. The molecule has 3 rings (SSSR count). The van der Waals surface area contributed by atoms with E-state index in [0.717, 1.165) is 71.0 Å². The van der Waals surface area contributed by atoms with E-state index in [9.17, 15) is 4.79 Å². The highest BCUT2D eigenvalue weighted by molar-refractivity contribution is 7.10. The Hall–Kier alpha value is -1.60. The highest BCUT2D eigenvalue weighted by Gasteiger charge is 2.23. The van der Waals surface area contributed by atoms with Gasteiger partial charge in [-0.15, -0.1) is 11.3 Å². The molecule has 0 radical (unpaired) electrons. The number of thiophene rings is 1. The maximum atomic E-state index is 11.2. The number of amides is 1. The van der Waals surface area contributed by atoms with E-state index in [1.165, 1.54) is 5.56 Å². The Balaban J connectivity index is 1.53. The van der Waals surface area contributed by atoms with Crippen molar-refractivity contribution in [3.63, 3.8) is 0 Å². The Morgan fingerprint density at radius 3 is 3.15 bits per heavy atom. The van der Waals surface area contributed by atoms with Crippen LogP contribution in [0.25, 0.3) is 0 Å². The number of hydrogen-bond acceptors (Lipinski definition) is 4. The molecule has 1 aromatic heterocycles. The molecule has 26 heavy (non-hydrogen) atoms. The third kappa shape index (κ3) is 5.20. The number of nitrogens with two attached hydrogens (primary N) is 1.